The summed E-state index contributed by atoms with van der Waals surface area (Å²) in [4.78, 5) is 13.0. The number of aryl methyl sites for hydroxylation is 1. The average molecular weight is 341 g/mol. The van der Waals surface area contributed by atoms with Gasteiger partial charge in [0.15, 0.2) is 0 Å². The minimum atomic E-state index is -1.06. The fourth-order valence-corrected chi connectivity index (χ4v) is 2.78. The molecule has 0 spiro atoms. The molecule has 122 valence electrons. The highest BCUT2D eigenvalue weighted by Crippen LogP contribution is 2.19. The molecule has 0 aliphatic heterocycles. The van der Waals surface area contributed by atoms with E-state index in [0.29, 0.717) is 16.1 Å². The van der Waals surface area contributed by atoms with Crippen LogP contribution in [-0.2, 0) is 10.8 Å². The van der Waals surface area contributed by atoms with Crippen molar-refractivity contribution in [3.05, 3.63) is 59.9 Å². The third-order valence-electron chi connectivity index (χ3n) is 3.50. The standard InChI is InChI=1S/C16H15N5O2S/c1-11-9-13(5-8-15(11)21-10-17-19-20-21)18-16(22)12-3-6-14(7-4-12)24(2)23/h3-10H,1-2H3,(H,18,22). The number of carbonyl (C=O) groups is 1. The molecule has 1 amide bonds. The number of tetrazole rings is 1. The Hall–Kier alpha value is -2.87. The third-order valence-corrected chi connectivity index (χ3v) is 4.43. The number of nitrogens with zero attached hydrogens (tertiary/aromatic N) is 4. The number of hydrogen-bond acceptors (Lipinski definition) is 5. The first kappa shape index (κ1) is 16.0. The van der Waals surface area contributed by atoms with E-state index in [9.17, 15) is 9.00 Å². The summed E-state index contributed by atoms with van der Waals surface area (Å²) in [5.74, 6) is -0.224. The maximum atomic E-state index is 12.3. The van der Waals surface area contributed by atoms with Crippen molar-refractivity contribution in [2.45, 2.75) is 11.8 Å². The molecule has 2 aromatic carbocycles. The second kappa shape index (κ2) is 6.71. The first-order valence-electron chi connectivity index (χ1n) is 7.13. The maximum Gasteiger partial charge on any atom is 0.255 e. The maximum absolute atomic E-state index is 12.3. The van der Waals surface area contributed by atoms with Crippen molar-refractivity contribution in [2.24, 2.45) is 0 Å². The molecule has 0 bridgehead atoms. The zero-order valence-electron chi connectivity index (χ0n) is 13.1. The molecular formula is C16H15N5O2S. The normalized spacial score (nSPS) is 11.9. The number of rotatable bonds is 4. The molecule has 7 nitrogen and oxygen atoms in total. The zero-order valence-corrected chi connectivity index (χ0v) is 13.9. The predicted molar refractivity (Wildman–Crippen MR) is 90.6 cm³/mol. The summed E-state index contributed by atoms with van der Waals surface area (Å²) in [6.07, 6.45) is 3.11. The van der Waals surface area contributed by atoms with E-state index in [2.05, 4.69) is 20.8 Å². The lowest BCUT2D eigenvalue weighted by Gasteiger charge is -2.09. The van der Waals surface area contributed by atoms with E-state index >= 15 is 0 Å². The van der Waals surface area contributed by atoms with Crippen molar-refractivity contribution in [1.82, 2.24) is 20.2 Å². The Labute approximate surface area is 141 Å². The minimum Gasteiger partial charge on any atom is -0.322 e. The van der Waals surface area contributed by atoms with Crippen LogP contribution in [0, 0.1) is 6.92 Å². The number of benzene rings is 2. The van der Waals surface area contributed by atoms with Gasteiger partial charge in [-0.3, -0.25) is 9.00 Å². The van der Waals surface area contributed by atoms with Crippen molar-refractivity contribution >= 4 is 22.4 Å². The topological polar surface area (TPSA) is 89.8 Å². The molecule has 1 unspecified atom stereocenters. The Bertz CT molecular complexity index is 891. The van der Waals surface area contributed by atoms with Gasteiger partial charge in [-0.15, -0.1) is 5.10 Å². The Morgan fingerprint density at radius 2 is 1.92 bits per heavy atom. The van der Waals surface area contributed by atoms with Gasteiger partial charge >= 0.3 is 0 Å². The quantitative estimate of drug-likeness (QED) is 0.783. The summed E-state index contributed by atoms with van der Waals surface area (Å²) in [7, 11) is -1.06. The summed E-state index contributed by atoms with van der Waals surface area (Å²) in [5.41, 5.74) is 2.95. The van der Waals surface area contributed by atoms with Gasteiger partial charge in [0, 0.05) is 33.2 Å². The lowest BCUT2D eigenvalue weighted by Crippen LogP contribution is -2.12. The first-order valence-corrected chi connectivity index (χ1v) is 8.69. The van der Waals surface area contributed by atoms with Crippen molar-refractivity contribution in [3.63, 3.8) is 0 Å². The number of carbonyl (C=O) groups excluding carboxylic acids is 1. The minimum absolute atomic E-state index is 0.224. The Morgan fingerprint density at radius 1 is 1.17 bits per heavy atom. The van der Waals surface area contributed by atoms with E-state index in [4.69, 9.17) is 0 Å². The summed E-state index contributed by atoms with van der Waals surface area (Å²) in [6.45, 7) is 1.91. The molecule has 1 aromatic heterocycles. The SMILES string of the molecule is Cc1cc(NC(=O)c2ccc(S(C)=O)cc2)ccc1-n1cnnn1. The Kier molecular flexibility index (Phi) is 4.48. The molecule has 1 N–H and O–H groups in total. The van der Waals surface area contributed by atoms with Crippen LogP contribution in [0.4, 0.5) is 5.69 Å². The number of anilines is 1. The molecule has 1 atom stereocenters. The fourth-order valence-electron chi connectivity index (χ4n) is 2.26. The molecule has 0 fully saturated rings. The summed E-state index contributed by atoms with van der Waals surface area (Å²) >= 11 is 0. The molecule has 0 aliphatic carbocycles. The van der Waals surface area contributed by atoms with Gasteiger partial charge in [-0.2, -0.15) is 0 Å². The van der Waals surface area contributed by atoms with Crippen LogP contribution in [0.25, 0.3) is 5.69 Å². The van der Waals surface area contributed by atoms with E-state index in [1.165, 1.54) is 6.33 Å². The van der Waals surface area contributed by atoms with Gasteiger partial charge < -0.3 is 5.32 Å². The van der Waals surface area contributed by atoms with Gasteiger partial charge in [0.05, 0.1) is 5.69 Å². The number of aromatic nitrogens is 4. The molecular weight excluding hydrogens is 326 g/mol. The molecule has 3 aromatic rings. The van der Waals surface area contributed by atoms with Crippen LogP contribution in [-0.4, -0.2) is 36.6 Å². The largest absolute Gasteiger partial charge is 0.322 e. The highest BCUT2D eigenvalue weighted by molar-refractivity contribution is 7.84. The van der Waals surface area contributed by atoms with Crippen molar-refractivity contribution in [1.29, 1.82) is 0 Å². The second-order valence-corrected chi connectivity index (χ2v) is 6.57. The lowest BCUT2D eigenvalue weighted by atomic mass is 10.1. The number of nitrogens with one attached hydrogen (secondary N) is 1. The van der Waals surface area contributed by atoms with Gasteiger partial charge in [0.25, 0.3) is 5.91 Å². The smallest absolute Gasteiger partial charge is 0.255 e. The van der Waals surface area contributed by atoms with Crippen molar-refractivity contribution < 1.29 is 9.00 Å². The van der Waals surface area contributed by atoms with Gasteiger partial charge in [0.2, 0.25) is 0 Å². The van der Waals surface area contributed by atoms with Gasteiger partial charge in [0.1, 0.15) is 6.33 Å². The monoisotopic (exact) mass is 341 g/mol. The molecule has 8 heteroatoms. The molecule has 3 rings (SSSR count). The third kappa shape index (κ3) is 3.38. The molecule has 0 radical (unpaired) electrons. The highest BCUT2D eigenvalue weighted by Gasteiger charge is 2.09. The van der Waals surface area contributed by atoms with Crippen LogP contribution in [0.5, 0.6) is 0 Å². The van der Waals surface area contributed by atoms with E-state index < -0.39 is 10.8 Å². The Balaban J connectivity index is 1.77. The van der Waals surface area contributed by atoms with Crippen molar-refractivity contribution in [3.8, 4) is 5.69 Å². The van der Waals surface area contributed by atoms with Crippen LogP contribution >= 0.6 is 0 Å². The number of amides is 1. The second-order valence-electron chi connectivity index (χ2n) is 5.19. The van der Waals surface area contributed by atoms with Crippen LogP contribution in [0.3, 0.4) is 0 Å². The Morgan fingerprint density at radius 3 is 2.50 bits per heavy atom. The average Bonchev–Trinajstić information content (AvgIpc) is 3.09. The van der Waals surface area contributed by atoms with Crippen LogP contribution < -0.4 is 5.32 Å². The van der Waals surface area contributed by atoms with Crippen LogP contribution in [0.2, 0.25) is 0 Å². The van der Waals surface area contributed by atoms with Gasteiger partial charge in [-0.1, -0.05) is 0 Å². The number of hydrogen-bond donors (Lipinski definition) is 1. The molecule has 0 aliphatic rings. The van der Waals surface area contributed by atoms with E-state index in [0.717, 1.165) is 11.3 Å². The highest BCUT2D eigenvalue weighted by atomic mass is 32.2. The lowest BCUT2D eigenvalue weighted by molar-refractivity contribution is 0.102. The zero-order chi connectivity index (χ0) is 17.1. The van der Waals surface area contributed by atoms with Crippen LogP contribution in [0.15, 0.2) is 53.7 Å². The van der Waals surface area contributed by atoms with E-state index in [-0.39, 0.29) is 5.91 Å². The van der Waals surface area contributed by atoms with Gasteiger partial charge in [-0.25, -0.2) is 4.68 Å². The molecule has 24 heavy (non-hydrogen) atoms. The summed E-state index contributed by atoms with van der Waals surface area (Å²) < 4.78 is 12.9. The molecule has 0 saturated carbocycles. The van der Waals surface area contributed by atoms with Crippen LogP contribution in [0.1, 0.15) is 15.9 Å². The summed E-state index contributed by atoms with van der Waals surface area (Å²) in [6, 6.07) is 12.2. The van der Waals surface area contributed by atoms with E-state index in [1.807, 2.05) is 19.1 Å². The van der Waals surface area contributed by atoms with E-state index in [1.54, 1.807) is 41.3 Å². The molecule has 0 saturated heterocycles. The van der Waals surface area contributed by atoms with Crippen molar-refractivity contribution in [2.75, 3.05) is 11.6 Å². The predicted octanol–water partition coefficient (Wildman–Crippen LogP) is 1.96. The first-order chi connectivity index (χ1) is 11.5. The summed E-state index contributed by atoms with van der Waals surface area (Å²) in [5, 5.41) is 13.9. The fraction of sp³-hybridized carbons (Fsp3) is 0.125. The molecule has 1 heterocycles. The van der Waals surface area contributed by atoms with Gasteiger partial charge in [-0.05, 0) is 65.4 Å².